The Kier molecular flexibility index (Phi) is 9.28. The van der Waals surface area contributed by atoms with Crippen molar-refractivity contribution in [2.45, 2.75) is 90.1 Å². The molecule has 0 heterocycles. The summed E-state index contributed by atoms with van der Waals surface area (Å²) >= 11 is 1.56. The molecule has 3 N–H and O–H groups in total. The summed E-state index contributed by atoms with van der Waals surface area (Å²) in [5.74, 6) is -0.161. The van der Waals surface area contributed by atoms with Crippen LogP contribution in [0.25, 0.3) is 0 Å². The first-order chi connectivity index (χ1) is 15.7. The second-order valence-electron chi connectivity index (χ2n) is 10.7. The zero-order chi connectivity index (χ0) is 25.7. The van der Waals surface area contributed by atoms with Gasteiger partial charge in [-0.25, -0.2) is 4.79 Å². The standard InChI is InChI=1S/C25H39N3O5S/c1-24(2,3)27-21(30)20(17-10-8-9-11-19(17)29)28(16-12-13-16)22(31)18(14-15-34-7)26-23(32)33-25(4,5)6/h8-11,16,18,20,29H,12-15H2,1-7H3,(H,26,32)(H,27,30). The van der Waals surface area contributed by atoms with Crippen LogP contribution in [0.15, 0.2) is 24.3 Å². The minimum Gasteiger partial charge on any atom is -0.508 e. The molecule has 8 nitrogen and oxygen atoms in total. The fourth-order valence-corrected chi connectivity index (χ4v) is 4.04. The van der Waals surface area contributed by atoms with Gasteiger partial charge in [-0.2, -0.15) is 11.8 Å². The van der Waals surface area contributed by atoms with Crippen molar-refractivity contribution in [2.75, 3.05) is 12.0 Å². The highest BCUT2D eigenvalue weighted by Crippen LogP contribution is 2.38. The molecule has 2 unspecified atom stereocenters. The number of carbonyl (C=O) groups is 3. The number of hydrogen-bond donors (Lipinski definition) is 3. The van der Waals surface area contributed by atoms with E-state index in [4.69, 9.17) is 4.74 Å². The van der Waals surface area contributed by atoms with Crippen LogP contribution in [0.3, 0.4) is 0 Å². The predicted octanol–water partition coefficient (Wildman–Crippen LogP) is 3.99. The Morgan fingerprint density at radius 1 is 1.15 bits per heavy atom. The Morgan fingerprint density at radius 3 is 2.26 bits per heavy atom. The van der Waals surface area contributed by atoms with E-state index in [9.17, 15) is 19.5 Å². The second kappa shape index (κ2) is 11.3. The molecule has 0 aromatic heterocycles. The van der Waals surface area contributed by atoms with E-state index in [2.05, 4.69) is 10.6 Å². The van der Waals surface area contributed by atoms with Gasteiger partial charge in [0.15, 0.2) is 0 Å². The molecule has 0 aliphatic heterocycles. The van der Waals surface area contributed by atoms with Crippen molar-refractivity contribution >= 4 is 29.7 Å². The number of thioether (sulfide) groups is 1. The van der Waals surface area contributed by atoms with E-state index >= 15 is 0 Å². The maximum Gasteiger partial charge on any atom is 0.408 e. The van der Waals surface area contributed by atoms with Crippen LogP contribution in [0.1, 0.15) is 72.4 Å². The highest BCUT2D eigenvalue weighted by Gasteiger charge is 2.45. The van der Waals surface area contributed by atoms with E-state index < -0.39 is 29.3 Å². The van der Waals surface area contributed by atoms with Gasteiger partial charge in [-0.05, 0) is 78.9 Å². The van der Waals surface area contributed by atoms with Crippen LogP contribution >= 0.6 is 11.8 Å². The quantitative estimate of drug-likeness (QED) is 0.480. The van der Waals surface area contributed by atoms with Gasteiger partial charge in [0.25, 0.3) is 0 Å². The number of alkyl carbamates (subject to hydrolysis) is 1. The molecule has 190 valence electrons. The number of nitrogens with one attached hydrogen (secondary N) is 2. The Labute approximate surface area is 207 Å². The molecule has 0 radical (unpaired) electrons. The smallest absolute Gasteiger partial charge is 0.408 e. The molecule has 3 amide bonds. The Bertz CT molecular complexity index is 874. The van der Waals surface area contributed by atoms with Gasteiger partial charge in [0.2, 0.25) is 11.8 Å². The summed E-state index contributed by atoms with van der Waals surface area (Å²) in [6, 6.07) is 4.52. The number of phenolic OH excluding ortho intramolecular Hbond substituents is 1. The van der Waals surface area contributed by atoms with E-state index in [1.807, 2.05) is 27.0 Å². The summed E-state index contributed by atoms with van der Waals surface area (Å²) in [4.78, 5) is 41.5. The lowest BCUT2D eigenvalue weighted by atomic mass is 9.99. The van der Waals surface area contributed by atoms with Gasteiger partial charge in [-0.1, -0.05) is 18.2 Å². The second-order valence-corrected chi connectivity index (χ2v) is 11.6. The van der Waals surface area contributed by atoms with Crippen molar-refractivity contribution in [3.8, 4) is 5.75 Å². The highest BCUT2D eigenvalue weighted by molar-refractivity contribution is 7.98. The molecule has 0 bridgehead atoms. The number of rotatable bonds is 9. The van der Waals surface area contributed by atoms with Crippen LogP contribution in [0, 0.1) is 0 Å². The van der Waals surface area contributed by atoms with E-state index in [-0.39, 0.29) is 23.6 Å². The number of hydrogen-bond acceptors (Lipinski definition) is 6. The fourth-order valence-electron chi connectivity index (χ4n) is 3.57. The lowest BCUT2D eigenvalue weighted by Crippen LogP contribution is -2.55. The topological polar surface area (TPSA) is 108 Å². The van der Waals surface area contributed by atoms with Gasteiger partial charge in [-0.15, -0.1) is 0 Å². The summed E-state index contributed by atoms with van der Waals surface area (Å²) in [6.07, 6.45) is 3.13. The van der Waals surface area contributed by atoms with E-state index in [0.29, 0.717) is 17.7 Å². The number of nitrogens with zero attached hydrogens (tertiary/aromatic N) is 1. The average molecular weight is 494 g/mol. The average Bonchev–Trinajstić information content (AvgIpc) is 3.51. The molecule has 2 atom stereocenters. The number of para-hydroxylation sites is 1. The van der Waals surface area contributed by atoms with Crippen LogP contribution < -0.4 is 10.6 Å². The van der Waals surface area contributed by atoms with Gasteiger partial charge in [-0.3, -0.25) is 9.59 Å². The van der Waals surface area contributed by atoms with Gasteiger partial charge >= 0.3 is 6.09 Å². The predicted molar refractivity (Wildman–Crippen MR) is 135 cm³/mol. The third kappa shape index (κ3) is 8.42. The van der Waals surface area contributed by atoms with Crippen molar-refractivity contribution in [3.05, 3.63) is 29.8 Å². The number of aromatic hydroxyl groups is 1. The minimum absolute atomic E-state index is 0.0595. The molecule has 0 spiro atoms. The van der Waals surface area contributed by atoms with Crippen molar-refractivity contribution in [1.82, 2.24) is 15.5 Å². The first-order valence-electron chi connectivity index (χ1n) is 11.6. The van der Waals surface area contributed by atoms with Crippen molar-refractivity contribution in [2.24, 2.45) is 0 Å². The monoisotopic (exact) mass is 493 g/mol. The van der Waals surface area contributed by atoms with Crippen LogP contribution in [0.2, 0.25) is 0 Å². The van der Waals surface area contributed by atoms with E-state index in [1.54, 1.807) is 55.6 Å². The number of phenols is 1. The van der Waals surface area contributed by atoms with Gasteiger partial charge in [0, 0.05) is 17.1 Å². The van der Waals surface area contributed by atoms with Crippen molar-refractivity contribution < 1.29 is 24.2 Å². The SMILES string of the molecule is CSCCC(NC(=O)OC(C)(C)C)C(=O)N(C1CC1)C(C(=O)NC(C)(C)C)c1ccccc1O. The maximum absolute atomic E-state index is 13.9. The molecular formula is C25H39N3O5S. The van der Waals surface area contributed by atoms with Crippen LogP contribution in [-0.4, -0.2) is 63.1 Å². The Hall–Kier alpha value is -2.42. The van der Waals surface area contributed by atoms with E-state index in [1.165, 1.54) is 6.07 Å². The number of ether oxygens (including phenoxy) is 1. The summed E-state index contributed by atoms with van der Waals surface area (Å²) in [5, 5.41) is 16.3. The number of carbonyl (C=O) groups excluding carboxylic acids is 3. The third-order valence-corrected chi connectivity index (χ3v) is 5.69. The largest absolute Gasteiger partial charge is 0.508 e. The number of amides is 3. The molecule has 1 aliphatic carbocycles. The molecular weight excluding hydrogens is 454 g/mol. The Morgan fingerprint density at radius 2 is 1.76 bits per heavy atom. The highest BCUT2D eigenvalue weighted by atomic mass is 32.2. The minimum atomic E-state index is -1.03. The van der Waals surface area contributed by atoms with Gasteiger partial charge < -0.3 is 25.4 Å². The molecule has 0 saturated heterocycles. The molecule has 1 fully saturated rings. The summed E-state index contributed by atoms with van der Waals surface area (Å²) in [7, 11) is 0. The lowest BCUT2D eigenvalue weighted by Gasteiger charge is -2.36. The first kappa shape index (κ1) is 27.8. The van der Waals surface area contributed by atoms with Gasteiger partial charge in [0.05, 0.1) is 0 Å². The third-order valence-electron chi connectivity index (χ3n) is 5.05. The first-order valence-corrected chi connectivity index (χ1v) is 13.0. The number of benzene rings is 1. The van der Waals surface area contributed by atoms with Crippen molar-refractivity contribution in [3.63, 3.8) is 0 Å². The fraction of sp³-hybridized carbons (Fsp3) is 0.640. The molecule has 1 aliphatic rings. The van der Waals surface area contributed by atoms with Crippen LogP contribution in [0.4, 0.5) is 4.79 Å². The van der Waals surface area contributed by atoms with Crippen LogP contribution in [-0.2, 0) is 14.3 Å². The zero-order valence-electron chi connectivity index (χ0n) is 21.3. The Balaban J connectivity index is 2.45. The maximum atomic E-state index is 13.9. The van der Waals surface area contributed by atoms with Gasteiger partial charge in [0.1, 0.15) is 23.4 Å². The van der Waals surface area contributed by atoms with Crippen LogP contribution in [0.5, 0.6) is 5.75 Å². The van der Waals surface area contributed by atoms with Crippen molar-refractivity contribution in [1.29, 1.82) is 0 Å². The molecule has 2 rings (SSSR count). The molecule has 1 saturated carbocycles. The molecule has 1 aromatic rings. The van der Waals surface area contributed by atoms with E-state index in [0.717, 1.165) is 12.8 Å². The summed E-state index contributed by atoms with van der Waals surface area (Å²) in [5.41, 5.74) is -0.894. The summed E-state index contributed by atoms with van der Waals surface area (Å²) < 4.78 is 5.38. The normalized spacial score (nSPS) is 15.7. The molecule has 34 heavy (non-hydrogen) atoms. The molecule has 1 aromatic carbocycles. The lowest BCUT2D eigenvalue weighted by molar-refractivity contribution is -0.143. The molecule has 9 heteroatoms. The zero-order valence-corrected chi connectivity index (χ0v) is 22.1. The summed E-state index contributed by atoms with van der Waals surface area (Å²) in [6.45, 7) is 10.9.